The van der Waals surface area contributed by atoms with Crippen LogP contribution < -0.4 is 10.6 Å². The number of carbonyl (C=O) groups is 2. The van der Waals surface area contributed by atoms with Gasteiger partial charge in [0.1, 0.15) is 6.04 Å². The first-order valence-corrected chi connectivity index (χ1v) is 5.77. The summed E-state index contributed by atoms with van der Waals surface area (Å²) >= 11 is 5.74. The maximum Gasteiger partial charge on any atom is 0.328 e. The fourth-order valence-corrected chi connectivity index (χ4v) is 1.39. The van der Waals surface area contributed by atoms with Gasteiger partial charge in [0.05, 0.1) is 7.11 Å². The number of hydrogen-bond donors (Lipinski definition) is 2. The van der Waals surface area contributed by atoms with Crippen molar-refractivity contribution >= 4 is 23.6 Å². The summed E-state index contributed by atoms with van der Waals surface area (Å²) in [5.41, 5.74) is 0.917. The first kappa shape index (κ1) is 14.3. The zero-order valence-electron chi connectivity index (χ0n) is 10.2. The monoisotopic (exact) mass is 270 g/mol. The fraction of sp³-hybridized carbons (Fsp3) is 0.333. The number of halogens is 1. The van der Waals surface area contributed by atoms with Crippen LogP contribution in [0.4, 0.5) is 4.79 Å². The highest BCUT2D eigenvalue weighted by molar-refractivity contribution is 6.30. The molecule has 1 aromatic carbocycles. The summed E-state index contributed by atoms with van der Waals surface area (Å²) in [6.45, 7) is 1.91. The summed E-state index contributed by atoms with van der Waals surface area (Å²) < 4.78 is 4.49. The number of benzene rings is 1. The molecule has 98 valence electrons. The molecule has 0 aliphatic heterocycles. The Balaban J connectivity index is 2.37. The number of rotatable bonds is 4. The molecule has 0 bridgehead atoms. The lowest BCUT2D eigenvalue weighted by atomic mass is 10.2. The van der Waals surface area contributed by atoms with Gasteiger partial charge in [-0.15, -0.1) is 0 Å². The zero-order valence-corrected chi connectivity index (χ0v) is 11.0. The second-order valence-electron chi connectivity index (χ2n) is 3.70. The van der Waals surface area contributed by atoms with E-state index in [0.29, 0.717) is 11.6 Å². The molecule has 0 aliphatic carbocycles. The quantitative estimate of drug-likeness (QED) is 0.819. The van der Waals surface area contributed by atoms with E-state index in [1.807, 2.05) is 12.1 Å². The molecule has 0 spiro atoms. The van der Waals surface area contributed by atoms with Gasteiger partial charge in [0.25, 0.3) is 0 Å². The third-order valence-corrected chi connectivity index (χ3v) is 2.52. The minimum absolute atomic E-state index is 0.358. The number of amides is 2. The summed E-state index contributed by atoms with van der Waals surface area (Å²) in [7, 11) is 1.27. The van der Waals surface area contributed by atoms with E-state index in [0.717, 1.165) is 5.56 Å². The lowest BCUT2D eigenvalue weighted by molar-refractivity contribution is -0.142. The molecule has 0 unspecified atom stereocenters. The number of urea groups is 1. The minimum Gasteiger partial charge on any atom is -0.467 e. The van der Waals surface area contributed by atoms with Gasteiger partial charge in [0.15, 0.2) is 0 Å². The van der Waals surface area contributed by atoms with Crippen LogP contribution in [0.3, 0.4) is 0 Å². The van der Waals surface area contributed by atoms with Crippen molar-refractivity contribution in [2.75, 3.05) is 7.11 Å². The summed E-state index contributed by atoms with van der Waals surface area (Å²) in [5.74, 6) is -0.489. The van der Waals surface area contributed by atoms with Crippen molar-refractivity contribution in [1.29, 1.82) is 0 Å². The van der Waals surface area contributed by atoms with Crippen LogP contribution in [0.25, 0.3) is 0 Å². The Labute approximate surface area is 110 Å². The topological polar surface area (TPSA) is 67.4 Å². The zero-order chi connectivity index (χ0) is 13.5. The third kappa shape index (κ3) is 4.63. The summed E-state index contributed by atoms with van der Waals surface area (Å²) in [6.07, 6.45) is 0. The molecule has 6 heteroatoms. The van der Waals surface area contributed by atoms with Gasteiger partial charge in [-0.3, -0.25) is 0 Å². The van der Waals surface area contributed by atoms with Crippen LogP contribution in [0.5, 0.6) is 0 Å². The number of nitrogens with one attached hydrogen (secondary N) is 2. The number of methoxy groups -OCH3 is 1. The molecular formula is C12H15ClN2O3. The van der Waals surface area contributed by atoms with Gasteiger partial charge in [0.2, 0.25) is 0 Å². The Bertz CT molecular complexity index is 420. The lowest BCUT2D eigenvalue weighted by Crippen LogP contribution is -2.44. The first-order valence-electron chi connectivity index (χ1n) is 5.39. The van der Waals surface area contributed by atoms with Crippen molar-refractivity contribution in [3.05, 3.63) is 34.9 Å². The van der Waals surface area contributed by atoms with Crippen molar-refractivity contribution in [3.63, 3.8) is 0 Å². The molecule has 2 amide bonds. The van der Waals surface area contributed by atoms with Gasteiger partial charge >= 0.3 is 12.0 Å². The van der Waals surface area contributed by atoms with Gasteiger partial charge in [0, 0.05) is 11.6 Å². The molecule has 0 fully saturated rings. The van der Waals surface area contributed by atoms with Crippen LogP contribution in [0.2, 0.25) is 5.02 Å². The van der Waals surface area contributed by atoms with Crippen LogP contribution in [0.15, 0.2) is 24.3 Å². The Hall–Kier alpha value is -1.75. The van der Waals surface area contributed by atoms with E-state index in [1.165, 1.54) is 7.11 Å². The van der Waals surface area contributed by atoms with Gasteiger partial charge in [-0.2, -0.15) is 0 Å². The number of carbonyl (C=O) groups excluding carboxylic acids is 2. The lowest BCUT2D eigenvalue weighted by Gasteiger charge is -2.12. The molecule has 1 rings (SSSR count). The molecule has 0 radical (unpaired) electrons. The predicted octanol–water partition coefficient (Wildman–Crippen LogP) is 1.70. The largest absolute Gasteiger partial charge is 0.467 e. The molecular weight excluding hydrogens is 256 g/mol. The number of ether oxygens (including phenoxy) is 1. The molecule has 0 saturated heterocycles. The van der Waals surface area contributed by atoms with Crippen molar-refractivity contribution in [2.24, 2.45) is 0 Å². The van der Waals surface area contributed by atoms with E-state index in [9.17, 15) is 9.59 Å². The molecule has 18 heavy (non-hydrogen) atoms. The maximum absolute atomic E-state index is 11.5. The van der Waals surface area contributed by atoms with E-state index in [-0.39, 0.29) is 0 Å². The van der Waals surface area contributed by atoms with Gasteiger partial charge in [-0.05, 0) is 24.6 Å². The van der Waals surface area contributed by atoms with Crippen LogP contribution in [0, 0.1) is 0 Å². The Morgan fingerprint density at radius 3 is 2.50 bits per heavy atom. The number of esters is 1. The molecule has 5 nitrogen and oxygen atoms in total. The fourth-order valence-electron chi connectivity index (χ4n) is 1.27. The molecule has 0 aliphatic rings. The van der Waals surface area contributed by atoms with Crippen molar-refractivity contribution < 1.29 is 14.3 Å². The summed E-state index contributed by atoms with van der Waals surface area (Å²) in [4.78, 5) is 22.5. The van der Waals surface area contributed by atoms with Crippen LogP contribution in [-0.2, 0) is 16.1 Å². The van der Waals surface area contributed by atoms with E-state index in [1.54, 1.807) is 19.1 Å². The highest BCUT2D eigenvalue weighted by Crippen LogP contribution is 2.08. The van der Waals surface area contributed by atoms with Crippen LogP contribution >= 0.6 is 11.6 Å². The third-order valence-electron chi connectivity index (χ3n) is 2.27. The van der Waals surface area contributed by atoms with E-state index in [4.69, 9.17) is 11.6 Å². The smallest absolute Gasteiger partial charge is 0.328 e. The first-order chi connectivity index (χ1) is 8.52. The molecule has 2 N–H and O–H groups in total. The van der Waals surface area contributed by atoms with E-state index < -0.39 is 18.0 Å². The minimum atomic E-state index is -0.680. The normalized spacial score (nSPS) is 11.5. The average Bonchev–Trinajstić information content (AvgIpc) is 2.37. The highest BCUT2D eigenvalue weighted by Gasteiger charge is 2.15. The van der Waals surface area contributed by atoms with Crippen molar-refractivity contribution in [2.45, 2.75) is 19.5 Å². The molecule has 1 atom stereocenters. The van der Waals surface area contributed by atoms with Crippen LogP contribution in [0.1, 0.15) is 12.5 Å². The van der Waals surface area contributed by atoms with Crippen molar-refractivity contribution in [3.8, 4) is 0 Å². The Morgan fingerprint density at radius 2 is 1.94 bits per heavy atom. The van der Waals surface area contributed by atoms with Gasteiger partial charge < -0.3 is 15.4 Å². The Morgan fingerprint density at radius 1 is 1.33 bits per heavy atom. The molecule has 1 aromatic rings. The second kappa shape index (κ2) is 6.86. The molecule has 0 aromatic heterocycles. The SMILES string of the molecule is COC(=O)[C@@H](C)NC(=O)NCc1ccc(Cl)cc1. The maximum atomic E-state index is 11.5. The molecule has 0 saturated carbocycles. The number of hydrogen-bond acceptors (Lipinski definition) is 3. The summed E-state index contributed by atoms with van der Waals surface area (Å²) in [5, 5.41) is 5.73. The summed E-state index contributed by atoms with van der Waals surface area (Å²) in [6, 6.07) is 6.00. The predicted molar refractivity (Wildman–Crippen MR) is 68.3 cm³/mol. The van der Waals surface area contributed by atoms with Crippen molar-refractivity contribution in [1.82, 2.24) is 10.6 Å². The average molecular weight is 271 g/mol. The van der Waals surface area contributed by atoms with Crippen LogP contribution in [-0.4, -0.2) is 25.2 Å². The molecule has 0 heterocycles. The van der Waals surface area contributed by atoms with E-state index >= 15 is 0 Å². The van der Waals surface area contributed by atoms with Gasteiger partial charge in [-0.1, -0.05) is 23.7 Å². The Kier molecular flexibility index (Phi) is 5.45. The highest BCUT2D eigenvalue weighted by atomic mass is 35.5. The second-order valence-corrected chi connectivity index (χ2v) is 4.13. The van der Waals surface area contributed by atoms with E-state index in [2.05, 4.69) is 15.4 Å². The van der Waals surface area contributed by atoms with Gasteiger partial charge in [-0.25, -0.2) is 9.59 Å². The standard InChI is InChI=1S/C12H15ClN2O3/c1-8(11(16)18-2)15-12(17)14-7-9-3-5-10(13)6-4-9/h3-6,8H,7H2,1-2H3,(H2,14,15,17)/t8-/m1/s1.